The molecule has 1 amide bonds. The first-order chi connectivity index (χ1) is 2.91. The van der Waals surface area contributed by atoms with E-state index >= 15 is 0 Å². The first kappa shape index (κ1) is 5.14. The number of hydrogen-bond donors (Lipinski definition) is 1. The zero-order valence-corrected chi connectivity index (χ0v) is 3.10. The highest BCUT2D eigenvalue weighted by Crippen LogP contribution is 1.35. The van der Waals surface area contributed by atoms with E-state index in [4.69, 9.17) is 4.79 Å². The molecule has 0 rings (SSSR count). The van der Waals surface area contributed by atoms with Gasteiger partial charge in [0.05, 0.1) is 6.54 Å². The molecule has 3 nitrogen and oxygen atoms in total. The second-order valence-electron chi connectivity index (χ2n) is 0.650. The van der Waals surface area contributed by atoms with Gasteiger partial charge in [-0.25, -0.2) is 0 Å². The van der Waals surface area contributed by atoms with E-state index in [0.717, 1.165) is 0 Å². The maximum atomic E-state index is 9.32. The van der Waals surface area contributed by atoms with Gasteiger partial charge in [0, 0.05) is 0 Å². The minimum absolute atomic E-state index is 0.0590. The molecule has 0 aliphatic carbocycles. The summed E-state index contributed by atoms with van der Waals surface area (Å²) in [6.07, 6.45) is 1.93. The lowest BCUT2D eigenvalue weighted by Gasteiger charge is -1.76. The fraction of sp³-hybridized carbons (Fsp3) is 0.333. The Bertz CT molecular complexity index is 44.8. The summed E-state index contributed by atoms with van der Waals surface area (Å²) < 4.78 is 0. The molecule has 0 aromatic heterocycles. The molecule has 0 unspecified atom stereocenters. The van der Waals surface area contributed by atoms with Gasteiger partial charge in [-0.3, -0.25) is 4.79 Å². The van der Waals surface area contributed by atoms with Gasteiger partial charge >= 0.3 is 6.41 Å². The number of aldehydes is 1. The van der Waals surface area contributed by atoms with E-state index in [1.807, 2.05) is 5.32 Å². The van der Waals surface area contributed by atoms with Gasteiger partial charge in [-0.15, -0.1) is 0 Å². The molecule has 0 fully saturated rings. The molecule has 1 N–H and O–H groups in total. The number of amides is 1. The molecule has 0 aliphatic rings. The van der Waals surface area contributed by atoms with Crippen LogP contribution >= 0.6 is 0 Å². The summed E-state index contributed by atoms with van der Waals surface area (Å²) in [6, 6.07) is 0. The van der Waals surface area contributed by atoms with Crippen molar-refractivity contribution in [1.82, 2.24) is 5.32 Å². The average Bonchev–Trinajstić information content (AvgIpc) is 1.61. The standard InChI is InChI=1S/C3H4NO2/c5-2-1-4-3-6/h2H,1H2,(H,4,6). The molecule has 0 aromatic rings. The largest absolute Gasteiger partial charge is 0.341 e. The molecular weight excluding hydrogens is 82.0 g/mol. The first-order valence-electron chi connectivity index (χ1n) is 1.45. The predicted molar refractivity (Wildman–Crippen MR) is 19.8 cm³/mol. The van der Waals surface area contributed by atoms with Crippen LogP contribution in [0.3, 0.4) is 0 Å². The van der Waals surface area contributed by atoms with Gasteiger partial charge in [-0.2, -0.15) is 0 Å². The van der Waals surface area contributed by atoms with Crippen molar-refractivity contribution < 1.29 is 9.59 Å². The quantitative estimate of drug-likeness (QED) is 0.267. The Balaban J connectivity index is 2.66. The lowest BCUT2D eigenvalue weighted by Crippen LogP contribution is -2.12. The first-order valence-corrected chi connectivity index (χ1v) is 1.45. The van der Waals surface area contributed by atoms with E-state index < -0.39 is 0 Å². The van der Waals surface area contributed by atoms with E-state index in [0.29, 0.717) is 6.29 Å². The fourth-order valence-corrected chi connectivity index (χ4v) is 0.0833. The maximum Gasteiger partial charge on any atom is 0.309 e. The van der Waals surface area contributed by atoms with Crippen LogP contribution in [-0.2, 0) is 9.59 Å². The number of rotatable bonds is 3. The summed E-state index contributed by atoms with van der Waals surface area (Å²) in [4.78, 5) is 18.5. The van der Waals surface area contributed by atoms with Gasteiger partial charge in [0.2, 0.25) is 0 Å². The summed E-state index contributed by atoms with van der Waals surface area (Å²) in [6.45, 7) is 0.0590. The minimum Gasteiger partial charge on any atom is -0.341 e. The molecule has 1 radical (unpaired) electrons. The highest BCUT2D eigenvalue weighted by molar-refractivity contribution is 5.58. The molecule has 6 heavy (non-hydrogen) atoms. The Labute approximate surface area is 35.3 Å². The highest BCUT2D eigenvalue weighted by atomic mass is 16.1. The normalized spacial score (nSPS) is 6.67. The predicted octanol–water partition coefficient (Wildman–Crippen LogP) is -1.16. The zero-order valence-electron chi connectivity index (χ0n) is 3.10. The van der Waals surface area contributed by atoms with Crippen molar-refractivity contribution in [2.75, 3.05) is 6.54 Å². The topological polar surface area (TPSA) is 46.2 Å². The van der Waals surface area contributed by atoms with Crippen LogP contribution in [0.1, 0.15) is 0 Å². The van der Waals surface area contributed by atoms with E-state index in [-0.39, 0.29) is 6.54 Å². The van der Waals surface area contributed by atoms with Crippen LogP contribution in [0, 0.1) is 0 Å². The van der Waals surface area contributed by atoms with Gasteiger partial charge in [0.1, 0.15) is 6.29 Å². The molecule has 0 bridgehead atoms. The van der Waals surface area contributed by atoms with Crippen molar-refractivity contribution >= 4 is 12.7 Å². The van der Waals surface area contributed by atoms with Gasteiger partial charge in [0.15, 0.2) is 0 Å². The molecular formula is C3H4NO2. The lowest BCUT2D eigenvalue weighted by molar-refractivity contribution is -0.106. The Morgan fingerprint density at radius 3 is 2.67 bits per heavy atom. The molecule has 0 saturated heterocycles. The summed E-state index contributed by atoms with van der Waals surface area (Å²) >= 11 is 0. The number of carbonyl (C=O) groups is 1. The van der Waals surface area contributed by atoms with Crippen LogP contribution in [0.2, 0.25) is 0 Å². The molecule has 33 valence electrons. The molecule has 0 aliphatic heterocycles. The van der Waals surface area contributed by atoms with E-state index in [1.165, 1.54) is 6.41 Å². The Hall–Kier alpha value is -0.860. The van der Waals surface area contributed by atoms with Crippen LogP contribution in [0.15, 0.2) is 0 Å². The van der Waals surface area contributed by atoms with Gasteiger partial charge in [-0.05, 0) is 0 Å². The van der Waals surface area contributed by atoms with Gasteiger partial charge < -0.3 is 10.1 Å². The van der Waals surface area contributed by atoms with Crippen molar-refractivity contribution in [2.45, 2.75) is 0 Å². The van der Waals surface area contributed by atoms with Crippen LogP contribution in [0.5, 0.6) is 0 Å². The maximum absolute atomic E-state index is 9.32. The number of nitrogens with one attached hydrogen (secondary N) is 1. The molecule has 0 spiro atoms. The third-order valence-electron chi connectivity index (χ3n) is 0.258. The van der Waals surface area contributed by atoms with Gasteiger partial charge in [-0.1, -0.05) is 0 Å². The van der Waals surface area contributed by atoms with Crippen molar-refractivity contribution in [2.24, 2.45) is 0 Å². The second-order valence-corrected chi connectivity index (χ2v) is 0.650. The third kappa shape index (κ3) is 3.14. The van der Waals surface area contributed by atoms with Crippen molar-refractivity contribution in [3.63, 3.8) is 0 Å². The number of carbonyl (C=O) groups excluding carboxylic acids is 2. The Morgan fingerprint density at radius 2 is 2.50 bits per heavy atom. The van der Waals surface area contributed by atoms with E-state index in [2.05, 4.69) is 0 Å². The van der Waals surface area contributed by atoms with Gasteiger partial charge in [0.25, 0.3) is 0 Å². The molecule has 3 heteroatoms. The summed E-state index contributed by atoms with van der Waals surface area (Å²) in [7, 11) is 0. The van der Waals surface area contributed by atoms with Crippen molar-refractivity contribution in [1.29, 1.82) is 0 Å². The SMILES string of the molecule is O=[C]NCC=O. The zero-order chi connectivity index (χ0) is 4.83. The van der Waals surface area contributed by atoms with Crippen molar-refractivity contribution in [3.05, 3.63) is 0 Å². The smallest absolute Gasteiger partial charge is 0.309 e. The Morgan fingerprint density at radius 1 is 1.83 bits per heavy atom. The number of hydrogen-bond acceptors (Lipinski definition) is 2. The highest BCUT2D eigenvalue weighted by Gasteiger charge is 1.70. The van der Waals surface area contributed by atoms with Crippen molar-refractivity contribution in [3.8, 4) is 0 Å². The third-order valence-corrected chi connectivity index (χ3v) is 0.258. The lowest BCUT2D eigenvalue weighted by atomic mass is 10.7. The van der Waals surface area contributed by atoms with E-state index in [1.54, 1.807) is 0 Å². The van der Waals surface area contributed by atoms with E-state index in [9.17, 15) is 4.79 Å². The summed E-state index contributed by atoms with van der Waals surface area (Å²) in [5.41, 5.74) is 0. The summed E-state index contributed by atoms with van der Waals surface area (Å²) in [5.74, 6) is 0. The minimum atomic E-state index is 0.0590. The van der Waals surface area contributed by atoms with Crippen LogP contribution in [0.4, 0.5) is 0 Å². The second kappa shape index (κ2) is 4.14. The molecule has 0 atom stereocenters. The Kier molecular flexibility index (Phi) is 3.55. The van der Waals surface area contributed by atoms with Crippen LogP contribution in [-0.4, -0.2) is 19.2 Å². The summed E-state index contributed by atoms with van der Waals surface area (Å²) in [5, 5.41) is 2.02. The average molecular weight is 86.1 g/mol. The molecule has 0 heterocycles. The monoisotopic (exact) mass is 86.0 g/mol. The molecule has 0 aromatic carbocycles. The van der Waals surface area contributed by atoms with Crippen LogP contribution < -0.4 is 5.32 Å². The van der Waals surface area contributed by atoms with Crippen LogP contribution in [0.25, 0.3) is 0 Å². The fourth-order valence-electron chi connectivity index (χ4n) is 0.0833. The molecule has 0 saturated carbocycles.